The third kappa shape index (κ3) is 3.85. The molecule has 0 atom stereocenters. The van der Waals surface area contributed by atoms with Crippen molar-refractivity contribution in [2.24, 2.45) is 0 Å². The first-order valence-electron chi connectivity index (χ1n) is 6.69. The van der Waals surface area contributed by atoms with E-state index in [-0.39, 0.29) is 6.09 Å². The highest BCUT2D eigenvalue weighted by Gasteiger charge is 2.26. The maximum absolute atomic E-state index is 12.0. The van der Waals surface area contributed by atoms with Gasteiger partial charge in [-0.05, 0) is 42.8 Å². The second-order valence-electron chi connectivity index (χ2n) is 5.78. The zero-order valence-corrected chi connectivity index (χ0v) is 13.7. The first-order valence-corrected chi connectivity index (χ1v) is 7.48. The predicted octanol–water partition coefficient (Wildman–Crippen LogP) is 2.90. The van der Waals surface area contributed by atoms with Gasteiger partial charge in [-0.25, -0.2) is 4.79 Å². The minimum Gasteiger partial charge on any atom is -0.444 e. The third-order valence-corrected chi connectivity index (χ3v) is 3.69. The molecule has 20 heavy (non-hydrogen) atoms. The van der Waals surface area contributed by atoms with Gasteiger partial charge in [0.1, 0.15) is 5.60 Å². The van der Waals surface area contributed by atoms with E-state index in [0.29, 0.717) is 13.1 Å². The molecule has 0 saturated carbocycles. The summed E-state index contributed by atoms with van der Waals surface area (Å²) in [5, 5.41) is 0. The molecule has 2 heterocycles. The number of aromatic nitrogens is 1. The monoisotopic (exact) mass is 341 g/mol. The maximum atomic E-state index is 12.0. The van der Waals surface area contributed by atoms with Gasteiger partial charge in [-0.1, -0.05) is 0 Å². The molecule has 1 fully saturated rings. The van der Waals surface area contributed by atoms with Gasteiger partial charge in [0.2, 0.25) is 0 Å². The van der Waals surface area contributed by atoms with Crippen LogP contribution in [0.4, 0.5) is 10.5 Å². The highest BCUT2D eigenvalue weighted by Crippen LogP contribution is 2.25. The smallest absolute Gasteiger partial charge is 0.410 e. The van der Waals surface area contributed by atoms with Crippen molar-refractivity contribution in [1.82, 2.24) is 9.88 Å². The second-order valence-corrected chi connectivity index (χ2v) is 6.64. The summed E-state index contributed by atoms with van der Waals surface area (Å²) in [6.07, 6.45) is 3.36. The lowest BCUT2D eigenvalue weighted by molar-refractivity contribution is 0.0240. The van der Waals surface area contributed by atoms with Crippen LogP contribution in [0, 0.1) is 0 Å². The van der Waals surface area contributed by atoms with Crippen LogP contribution in [0.25, 0.3) is 0 Å². The molecule has 6 heteroatoms. The molecule has 1 amide bonds. The van der Waals surface area contributed by atoms with E-state index in [1.54, 1.807) is 11.1 Å². The van der Waals surface area contributed by atoms with Crippen molar-refractivity contribution in [2.45, 2.75) is 26.4 Å². The molecule has 1 aromatic rings. The molecule has 0 N–H and O–H groups in total. The molecular weight excluding hydrogens is 322 g/mol. The van der Waals surface area contributed by atoms with Crippen LogP contribution in [-0.4, -0.2) is 47.8 Å². The van der Waals surface area contributed by atoms with Crippen LogP contribution < -0.4 is 4.90 Å². The Labute approximate surface area is 128 Å². The Morgan fingerprint density at radius 2 is 1.95 bits per heavy atom. The van der Waals surface area contributed by atoms with Gasteiger partial charge in [0.05, 0.1) is 11.9 Å². The zero-order chi connectivity index (χ0) is 14.8. The first kappa shape index (κ1) is 15.1. The Bertz CT molecular complexity index is 480. The van der Waals surface area contributed by atoms with E-state index >= 15 is 0 Å². The number of hydrogen-bond donors (Lipinski definition) is 0. The van der Waals surface area contributed by atoms with Gasteiger partial charge < -0.3 is 14.5 Å². The van der Waals surface area contributed by atoms with Crippen LogP contribution in [-0.2, 0) is 4.74 Å². The fourth-order valence-corrected chi connectivity index (χ4v) is 2.53. The number of hydrogen-bond acceptors (Lipinski definition) is 4. The summed E-state index contributed by atoms with van der Waals surface area (Å²) < 4.78 is 6.41. The van der Waals surface area contributed by atoms with Gasteiger partial charge in [-0.15, -0.1) is 0 Å². The van der Waals surface area contributed by atoms with Crippen LogP contribution in [0.1, 0.15) is 20.8 Å². The third-order valence-electron chi connectivity index (χ3n) is 3.02. The van der Waals surface area contributed by atoms with Crippen LogP contribution in [0.5, 0.6) is 0 Å². The average molecular weight is 342 g/mol. The number of amides is 1. The number of carbonyl (C=O) groups is 1. The molecule has 0 aromatic carbocycles. The molecule has 0 bridgehead atoms. The van der Waals surface area contributed by atoms with E-state index in [4.69, 9.17) is 4.74 Å². The molecule has 5 nitrogen and oxygen atoms in total. The summed E-state index contributed by atoms with van der Waals surface area (Å²) in [7, 11) is 0. The topological polar surface area (TPSA) is 45.7 Å². The van der Waals surface area contributed by atoms with Crippen molar-refractivity contribution >= 4 is 27.7 Å². The fourth-order valence-electron chi connectivity index (χ4n) is 2.06. The highest BCUT2D eigenvalue weighted by atomic mass is 79.9. The van der Waals surface area contributed by atoms with Crippen molar-refractivity contribution in [3.8, 4) is 0 Å². The van der Waals surface area contributed by atoms with Crippen LogP contribution in [0.15, 0.2) is 22.9 Å². The maximum Gasteiger partial charge on any atom is 0.410 e. The van der Waals surface area contributed by atoms with Crippen molar-refractivity contribution in [3.05, 3.63) is 22.9 Å². The highest BCUT2D eigenvalue weighted by molar-refractivity contribution is 9.10. The van der Waals surface area contributed by atoms with Gasteiger partial charge in [-0.3, -0.25) is 4.98 Å². The Morgan fingerprint density at radius 3 is 2.50 bits per heavy atom. The number of pyridine rings is 1. The lowest BCUT2D eigenvalue weighted by atomic mass is 10.2. The minimum absolute atomic E-state index is 0.234. The van der Waals surface area contributed by atoms with Gasteiger partial charge in [0.25, 0.3) is 0 Å². The number of halogens is 1. The molecule has 0 radical (unpaired) electrons. The lowest BCUT2D eigenvalue weighted by Gasteiger charge is -2.36. The number of piperazine rings is 1. The Balaban J connectivity index is 1.93. The van der Waals surface area contributed by atoms with Crippen molar-refractivity contribution in [1.29, 1.82) is 0 Å². The number of rotatable bonds is 1. The number of carbonyl (C=O) groups excluding carboxylic acids is 1. The fraction of sp³-hybridized carbons (Fsp3) is 0.571. The Morgan fingerprint density at radius 1 is 1.30 bits per heavy atom. The quantitative estimate of drug-likeness (QED) is 0.787. The molecule has 1 aliphatic heterocycles. The largest absolute Gasteiger partial charge is 0.444 e. The van der Waals surface area contributed by atoms with Gasteiger partial charge in [-0.2, -0.15) is 0 Å². The summed E-state index contributed by atoms with van der Waals surface area (Å²) in [4.78, 5) is 20.1. The van der Waals surface area contributed by atoms with E-state index in [2.05, 4.69) is 25.8 Å². The molecule has 0 spiro atoms. The van der Waals surface area contributed by atoms with E-state index in [1.165, 1.54) is 0 Å². The number of anilines is 1. The van der Waals surface area contributed by atoms with Crippen molar-refractivity contribution < 1.29 is 9.53 Å². The summed E-state index contributed by atoms with van der Waals surface area (Å²) in [6, 6.07) is 1.93. The molecule has 2 rings (SSSR count). The Kier molecular flexibility index (Phi) is 4.52. The number of ether oxygens (including phenoxy) is 1. The predicted molar refractivity (Wildman–Crippen MR) is 82.0 cm³/mol. The van der Waals surface area contributed by atoms with E-state index < -0.39 is 5.60 Å². The lowest BCUT2D eigenvalue weighted by Crippen LogP contribution is -2.50. The molecule has 1 aromatic heterocycles. The summed E-state index contributed by atoms with van der Waals surface area (Å²) >= 11 is 3.53. The van der Waals surface area contributed by atoms with Crippen LogP contribution in [0.3, 0.4) is 0 Å². The van der Waals surface area contributed by atoms with Crippen LogP contribution >= 0.6 is 15.9 Å². The second kappa shape index (κ2) is 5.99. The average Bonchev–Trinajstić information content (AvgIpc) is 2.37. The SMILES string of the molecule is CC(C)(C)OC(=O)N1CCN(c2cnccc2Br)CC1. The Hall–Kier alpha value is -1.30. The molecule has 0 aliphatic carbocycles. The van der Waals surface area contributed by atoms with Crippen LogP contribution in [0.2, 0.25) is 0 Å². The van der Waals surface area contributed by atoms with E-state index in [1.807, 2.05) is 33.0 Å². The molecule has 0 unspecified atom stereocenters. The molecule has 1 saturated heterocycles. The standard InChI is InChI=1S/C14H20BrN3O2/c1-14(2,3)20-13(19)18-8-6-17(7-9-18)12-10-16-5-4-11(12)15/h4-5,10H,6-9H2,1-3H3. The van der Waals surface area contributed by atoms with Crippen molar-refractivity contribution in [2.75, 3.05) is 31.1 Å². The normalized spacial score (nSPS) is 16.2. The van der Waals surface area contributed by atoms with Gasteiger partial charge in [0, 0.05) is 36.8 Å². The van der Waals surface area contributed by atoms with Crippen molar-refractivity contribution in [3.63, 3.8) is 0 Å². The summed E-state index contributed by atoms with van der Waals surface area (Å²) in [5.74, 6) is 0. The minimum atomic E-state index is -0.444. The van der Waals surface area contributed by atoms with E-state index in [0.717, 1.165) is 23.2 Å². The van der Waals surface area contributed by atoms with Gasteiger partial charge in [0.15, 0.2) is 0 Å². The summed E-state index contributed by atoms with van der Waals surface area (Å²) in [5.41, 5.74) is 0.622. The zero-order valence-electron chi connectivity index (χ0n) is 12.1. The van der Waals surface area contributed by atoms with E-state index in [9.17, 15) is 4.79 Å². The molecule has 110 valence electrons. The summed E-state index contributed by atoms with van der Waals surface area (Å²) in [6.45, 7) is 8.54. The molecule has 1 aliphatic rings. The van der Waals surface area contributed by atoms with Gasteiger partial charge >= 0.3 is 6.09 Å². The number of nitrogens with zero attached hydrogens (tertiary/aromatic N) is 3. The first-order chi connectivity index (χ1) is 9.37. The molecular formula is C14H20BrN3O2.